The molecule has 0 saturated carbocycles. The molecule has 90 valence electrons. The number of ether oxygens (including phenoxy) is 1. The largest absolute Gasteiger partial charge is 0.492 e. The van der Waals surface area contributed by atoms with E-state index in [2.05, 4.69) is 14.6 Å². The molecule has 5 nitrogen and oxygen atoms in total. The van der Waals surface area contributed by atoms with Crippen LogP contribution < -0.4 is 10.5 Å². The van der Waals surface area contributed by atoms with Crippen molar-refractivity contribution in [2.24, 2.45) is 5.73 Å². The third-order valence-corrected chi connectivity index (χ3v) is 3.28. The molecule has 1 unspecified atom stereocenters. The van der Waals surface area contributed by atoms with Crippen LogP contribution in [0.3, 0.4) is 0 Å². The standard InChI is InChI=1S/C11H14N4OS/c1-3-16-9-4-8(5-13-6-9)10(12)11-7(2)14-15-17-11/h4-6,10H,3,12H2,1-2H3. The average Bonchev–Trinajstić information content (AvgIpc) is 2.75. The van der Waals surface area contributed by atoms with Gasteiger partial charge in [-0.25, -0.2) is 0 Å². The molecular weight excluding hydrogens is 236 g/mol. The molecule has 2 aromatic heterocycles. The van der Waals surface area contributed by atoms with Gasteiger partial charge in [0.05, 0.1) is 29.4 Å². The lowest BCUT2D eigenvalue weighted by molar-refractivity contribution is 0.338. The number of hydrogen-bond donors (Lipinski definition) is 1. The summed E-state index contributed by atoms with van der Waals surface area (Å²) in [5.41, 5.74) is 7.93. The highest BCUT2D eigenvalue weighted by Gasteiger charge is 2.15. The summed E-state index contributed by atoms with van der Waals surface area (Å²) >= 11 is 1.32. The fraction of sp³-hybridized carbons (Fsp3) is 0.364. The van der Waals surface area contributed by atoms with E-state index in [0.717, 1.165) is 21.9 Å². The van der Waals surface area contributed by atoms with E-state index in [-0.39, 0.29) is 6.04 Å². The maximum Gasteiger partial charge on any atom is 0.137 e. The molecular formula is C11H14N4OS. The zero-order valence-electron chi connectivity index (χ0n) is 9.75. The summed E-state index contributed by atoms with van der Waals surface area (Å²) in [7, 11) is 0. The Kier molecular flexibility index (Phi) is 3.65. The molecule has 0 radical (unpaired) electrons. The van der Waals surface area contributed by atoms with Gasteiger partial charge in [-0.3, -0.25) is 4.98 Å². The van der Waals surface area contributed by atoms with Crippen molar-refractivity contribution in [3.8, 4) is 5.75 Å². The minimum absolute atomic E-state index is 0.247. The van der Waals surface area contributed by atoms with E-state index in [9.17, 15) is 0 Å². The molecule has 1 atom stereocenters. The maximum absolute atomic E-state index is 6.16. The van der Waals surface area contributed by atoms with Gasteiger partial charge >= 0.3 is 0 Å². The number of nitrogens with two attached hydrogens (primary N) is 1. The summed E-state index contributed by atoms with van der Waals surface area (Å²) in [6.07, 6.45) is 3.42. The first-order chi connectivity index (χ1) is 8.22. The maximum atomic E-state index is 6.16. The van der Waals surface area contributed by atoms with E-state index in [1.54, 1.807) is 12.4 Å². The van der Waals surface area contributed by atoms with Crippen molar-refractivity contribution in [2.45, 2.75) is 19.9 Å². The van der Waals surface area contributed by atoms with Gasteiger partial charge in [0, 0.05) is 6.20 Å². The van der Waals surface area contributed by atoms with E-state index in [1.807, 2.05) is 19.9 Å². The Balaban J connectivity index is 2.28. The fourth-order valence-electron chi connectivity index (χ4n) is 1.53. The van der Waals surface area contributed by atoms with E-state index in [1.165, 1.54) is 11.5 Å². The summed E-state index contributed by atoms with van der Waals surface area (Å²) in [5.74, 6) is 0.732. The molecule has 0 spiro atoms. The Morgan fingerprint density at radius 2 is 2.29 bits per heavy atom. The first-order valence-corrected chi connectivity index (χ1v) is 6.12. The first-order valence-electron chi connectivity index (χ1n) is 5.34. The van der Waals surface area contributed by atoms with Crippen LogP contribution in [0.5, 0.6) is 5.75 Å². The second kappa shape index (κ2) is 5.20. The fourth-order valence-corrected chi connectivity index (χ4v) is 2.20. The minimum atomic E-state index is -0.247. The van der Waals surface area contributed by atoms with E-state index < -0.39 is 0 Å². The SMILES string of the molecule is CCOc1cncc(C(N)c2snnc2C)c1. The molecule has 0 fully saturated rings. The molecule has 2 aromatic rings. The highest BCUT2D eigenvalue weighted by molar-refractivity contribution is 7.05. The van der Waals surface area contributed by atoms with Gasteiger partial charge in [0.25, 0.3) is 0 Å². The van der Waals surface area contributed by atoms with Gasteiger partial charge in [0.2, 0.25) is 0 Å². The van der Waals surface area contributed by atoms with Crippen molar-refractivity contribution in [2.75, 3.05) is 6.61 Å². The highest BCUT2D eigenvalue weighted by Crippen LogP contribution is 2.25. The van der Waals surface area contributed by atoms with Gasteiger partial charge < -0.3 is 10.5 Å². The number of pyridine rings is 1. The average molecular weight is 250 g/mol. The Bertz CT molecular complexity index is 500. The molecule has 0 saturated heterocycles. The van der Waals surface area contributed by atoms with Crippen molar-refractivity contribution >= 4 is 11.5 Å². The second-order valence-corrected chi connectivity index (χ2v) is 4.37. The van der Waals surface area contributed by atoms with Gasteiger partial charge in [0.1, 0.15) is 5.75 Å². The Morgan fingerprint density at radius 3 is 2.94 bits per heavy atom. The summed E-state index contributed by atoms with van der Waals surface area (Å²) < 4.78 is 9.29. The zero-order valence-corrected chi connectivity index (χ0v) is 10.6. The normalized spacial score (nSPS) is 12.4. The summed E-state index contributed by atoms with van der Waals surface area (Å²) in [6, 6.07) is 1.66. The van der Waals surface area contributed by atoms with Crippen molar-refractivity contribution in [1.29, 1.82) is 0 Å². The lowest BCUT2D eigenvalue weighted by Gasteiger charge is -2.11. The quantitative estimate of drug-likeness (QED) is 0.893. The van der Waals surface area contributed by atoms with Crippen LogP contribution in [-0.2, 0) is 0 Å². The number of aromatic nitrogens is 3. The summed E-state index contributed by atoms with van der Waals surface area (Å²) in [4.78, 5) is 5.08. The molecule has 0 aliphatic rings. The Morgan fingerprint density at radius 1 is 1.47 bits per heavy atom. The van der Waals surface area contributed by atoms with Crippen LogP contribution in [0.4, 0.5) is 0 Å². The van der Waals surface area contributed by atoms with Crippen LogP contribution >= 0.6 is 11.5 Å². The summed E-state index contributed by atoms with van der Waals surface area (Å²) in [6.45, 7) is 4.45. The van der Waals surface area contributed by atoms with Gasteiger partial charge in [-0.05, 0) is 37.0 Å². The predicted octanol–water partition coefficient (Wildman–Crippen LogP) is 1.69. The number of aryl methyl sites for hydroxylation is 1. The zero-order chi connectivity index (χ0) is 12.3. The highest BCUT2D eigenvalue weighted by atomic mass is 32.1. The molecule has 0 aliphatic heterocycles. The minimum Gasteiger partial charge on any atom is -0.492 e. The molecule has 0 bridgehead atoms. The van der Waals surface area contributed by atoms with E-state index in [0.29, 0.717) is 6.61 Å². The third-order valence-electron chi connectivity index (χ3n) is 2.37. The van der Waals surface area contributed by atoms with Gasteiger partial charge in [-0.15, -0.1) is 5.10 Å². The second-order valence-electron chi connectivity index (χ2n) is 3.59. The van der Waals surface area contributed by atoms with Crippen molar-refractivity contribution in [3.05, 3.63) is 34.6 Å². The van der Waals surface area contributed by atoms with Crippen molar-refractivity contribution < 1.29 is 4.74 Å². The molecule has 2 heterocycles. The van der Waals surface area contributed by atoms with Crippen LogP contribution in [0.2, 0.25) is 0 Å². The number of rotatable bonds is 4. The lowest BCUT2D eigenvalue weighted by Crippen LogP contribution is -2.12. The lowest BCUT2D eigenvalue weighted by atomic mass is 10.1. The van der Waals surface area contributed by atoms with Crippen LogP contribution in [0.15, 0.2) is 18.5 Å². The first kappa shape index (κ1) is 11.9. The predicted molar refractivity (Wildman–Crippen MR) is 66.1 cm³/mol. The van der Waals surface area contributed by atoms with Crippen LogP contribution in [0.25, 0.3) is 0 Å². The Hall–Kier alpha value is -1.53. The molecule has 6 heteroatoms. The number of nitrogens with zero attached hydrogens (tertiary/aromatic N) is 3. The van der Waals surface area contributed by atoms with Crippen molar-refractivity contribution in [3.63, 3.8) is 0 Å². The summed E-state index contributed by atoms with van der Waals surface area (Å²) in [5, 5.41) is 3.96. The molecule has 2 N–H and O–H groups in total. The van der Waals surface area contributed by atoms with Gasteiger partial charge in [-0.2, -0.15) is 0 Å². The number of hydrogen-bond acceptors (Lipinski definition) is 6. The van der Waals surface area contributed by atoms with Crippen LogP contribution in [-0.4, -0.2) is 21.2 Å². The van der Waals surface area contributed by atoms with E-state index in [4.69, 9.17) is 10.5 Å². The van der Waals surface area contributed by atoms with Gasteiger partial charge in [0.15, 0.2) is 0 Å². The molecule has 0 aromatic carbocycles. The molecule has 17 heavy (non-hydrogen) atoms. The molecule has 0 amide bonds. The smallest absolute Gasteiger partial charge is 0.137 e. The molecule has 2 rings (SSSR count). The molecule has 0 aliphatic carbocycles. The van der Waals surface area contributed by atoms with Gasteiger partial charge in [-0.1, -0.05) is 4.49 Å². The monoisotopic (exact) mass is 250 g/mol. The van der Waals surface area contributed by atoms with Crippen LogP contribution in [0, 0.1) is 6.92 Å². The third kappa shape index (κ3) is 2.59. The Labute approximate surface area is 104 Å². The van der Waals surface area contributed by atoms with Crippen LogP contribution in [0.1, 0.15) is 29.1 Å². The topological polar surface area (TPSA) is 73.9 Å². The van der Waals surface area contributed by atoms with Crippen molar-refractivity contribution in [1.82, 2.24) is 14.6 Å². The van der Waals surface area contributed by atoms with E-state index >= 15 is 0 Å².